The number of carbonyl (C=O) groups is 2. The topological polar surface area (TPSA) is 79.3 Å². The molecule has 0 saturated carbocycles. The average molecular weight is 461 g/mol. The van der Waals surface area contributed by atoms with Crippen LogP contribution in [0.1, 0.15) is 34.2 Å². The molecule has 0 unspecified atom stereocenters. The Balaban J connectivity index is 0.00000272. The van der Waals surface area contributed by atoms with Crippen molar-refractivity contribution in [2.75, 3.05) is 12.0 Å². The summed E-state index contributed by atoms with van der Waals surface area (Å²) in [6.45, 7) is 2.00. The standard InChI is InChI=1S/C24H24N2O3S2.Li.H/c1-16-5-3-4-6-19(16)21-13-17(7-9-18-14-25-15-31-18)8-10-20(21)23(27)26-22(24(28)29)11-12-30-2;;/h3-10,13-15,22H,11-12H2,1-2H3,(H,26,27)(H,28,29);;/q;+1;-1/t22-;;/m0../s1. The zero-order valence-electron chi connectivity index (χ0n) is 19.4. The number of amides is 1. The summed E-state index contributed by atoms with van der Waals surface area (Å²) in [5.41, 5.74) is 5.94. The number of carboxylic acid groups (broad SMARTS) is 1. The molecule has 0 bridgehead atoms. The van der Waals surface area contributed by atoms with Gasteiger partial charge in [0, 0.05) is 16.6 Å². The van der Waals surface area contributed by atoms with E-state index in [9.17, 15) is 14.7 Å². The maximum Gasteiger partial charge on any atom is 1.00 e. The largest absolute Gasteiger partial charge is 1.00 e. The fourth-order valence-corrected chi connectivity index (χ4v) is 4.16. The Morgan fingerprint density at radius 3 is 2.66 bits per heavy atom. The molecule has 0 spiro atoms. The van der Waals surface area contributed by atoms with E-state index < -0.39 is 12.0 Å². The third-order valence-corrected chi connectivity index (χ3v) is 6.21. The van der Waals surface area contributed by atoms with Crippen molar-refractivity contribution in [3.63, 3.8) is 0 Å². The zero-order chi connectivity index (χ0) is 22.2. The number of aliphatic carboxylic acids is 1. The van der Waals surface area contributed by atoms with Crippen LogP contribution >= 0.6 is 23.1 Å². The first kappa shape index (κ1) is 26.0. The Bertz CT molecular complexity index is 1090. The second-order valence-electron chi connectivity index (χ2n) is 7.00. The molecule has 3 rings (SSSR count). The van der Waals surface area contributed by atoms with Crippen LogP contribution in [-0.4, -0.2) is 40.0 Å². The number of benzene rings is 2. The van der Waals surface area contributed by atoms with Crippen LogP contribution in [0, 0.1) is 6.92 Å². The Kier molecular flexibility index (Phi) is 10.3. The van der Waals surface area contributed by atoms with Crippen molar-refractivity contribution in [1.29, 1.82) is 0 Å². The van der Waals surface area contributed by atoms with Crippen molar-refractivity contribution in [1.82, 2.24) is 10.3 Å². The van der Waals surface area contributed by atoms with Crippen molar-refractivity contribution < 1.29 is 35.0 Å². The predicted octanol–water partition coefficient (Wildman–Crippen LogP) is 2.34. The van der Waals surface area contributed by atoms with Crippen LogP contribution in [0.3, 0.4) is 0 Å². The normalized spacial score (nSPS) is 11.7. The van der Waals surface area contributed by atoms with Crippen LogP contribution < -0.4 is 24.2 Å². The summed E-state index contributed by atoms with van der Waals surface area (Å²) in [5, 5.41) is 12.2. The van der Waals surface area contributed by atoms with Crippen LogP contribution in [0.5, 0.6) is 0 Å². The second-order valence-corrected chi connectivity index (χ2v) is 8.91. The van der Waals surface area contributed by atoms with Crippen LogP contribution in [0.25, 0.3) is 23.3 Å². The molecule has 0 fully saturated rings. The van der Waals surface area contributed by atoms with Gasteiger partial charge in [0.1, 0.15) is 6.04 Å². The third-order valence-electron chi connectivity index (χ3n) is 4.83. The number of carbonyl (C=O) groups excluding carboxylic acids is 1. The number of aryl methyl sites for hydroxylation is 1. The second kappa shape index (κ2) is 12.7. The number of carboxylic acids is 1. The molecule has 32 heavy (non-hydrogen) atoms. The summed E-state index contributed by atoms with van der Waals surface area (Å²) in [5.74, 6) is -0.753. The Hall–Kier alpha value is -2.30. The van der Waals surface area contributed by atoms with E-state index in [4.69, 9.17) is 0 Å². The van der Waals surface area contributed by atoms with Gasteiger partial charge in [-0.1, -0.05) is 36.4 Å². The van der Waals surface area contributed by atoms with Crippen molar-refractivity contribution in [2.45, 2.75) is 19.4 Å². The van der Waals surface area contributed by atoms with Crippen LogP contribution in [-0.2, 0) is 4.79 Å². The van der Waals surface area contributed by atoms with Gasteiger partial charge < -0.3 is 11.8 Å². The monoisotopic (exact) mass is 460 g/mol. The van der Waals surface area contributed by atoms with Gasteiger partial charge in [0.05, 0.1) is 5.51 Å². The summed E-state index contributed by atoms with van der Waals surface area (Å²) in [6.07, 6.45) is 8.05. The van der Waals surface area contributed by atoms with Crippen LogP contribution in [0.15, 0.2) is 54.2 Å². The van der Waals surface area contributed by atoms with Gasteiger partial charge in [-0.2, -0.15) is 11.8 Å². The third kappa shape index (κ3) is 6.85. The Morgan fingerprint density at radius 2 is 2.00 bits per heavy atom. The fourth-order valence-electron chi connectivity index (χ4n) is 3.18. The Labute approximate surface area is 210 Å². The minimum atomic E-state index is -1.02. The molecule has 0 saturated heterocycles. The minimum absolute atomic E-state index is 0. The maximum absolute atomic E-state index is 13.1. The minimum Gasteiger partial charge on any atom is -1.00 e. The van der Waals surface area contributed by atoms with E-state index in [2.05, 4.69) is 10.3 Å². The number of thioether (sulfide) groups is 1. The molecule has 1 atom stereocenters. The summed E-state index contributed by atoms with van der Waals surface area (Å²) >= 11 is 3.10. The number of thiazole rings is 1. The first-order valence-corrected chi connectivity index (χ1v) is 12.1. The first-order chi connectivity index (χ1) is 15.0. The van der Waals surface area contributed by atoms with E-state index in [-0.39, 0.29) is 26.2 Å². The molecule has 5 nitrogen and oxygen atoms in total. The van der Waals surface area contributed by atoms with Crippen LogP contribution in [0.2, 0.25) is 0 Å². The van der Waals surface area contributed by atoms with Gasteiger partial charge >= 0.3 is 24.8 Å². The molecule has 0 radical (unpaired) electrons. The van der Waals surface area contributed by atoms with Crippen molar-refractivity contribution in [2.24, 2.45) is 0 Å². The molecule has 3 aromatic rings. The fraction of sp³-hybridized carbons (Fsp3) is 0.208. The van der Waals surface area contributed by atoms with E-state index in [0.717, 1.165) is 27.1 Å². The van der Waals surface area contributed by atoms with Gasteiger partial charge in [0.2, 0.25) is 0 Å². The summed E-state index contributed by atoms with van der Waals surface area (Å²) < 4.78 is 0. The number of hydrogen-bond donors (Lipinski definition) is 2. The summed E-state index contributed by atoms with van der Waals surface area (Å²) in [4.78, 5) is 29.8. The smallest absolute Gasteiger partial charge is 1.00 e. The number of rotatable bonds is 9. The van der Waals surface area contributed by atoms with Gasteiger partial charge in [-0.05, 0) is 65.8 Å². The molecular weight excluding hydrogens is 435 g/mol. The predicted molar refractivity (Wildman–Crippen MR) is 131 cm³/mol. The zero-order valence-corrected chi connectivity index (χ0v) is 20.0. The molecule has 162 valence electrons. The van der Waals surface area contributed by atoms with Gasteiger partial charge in [0.25, 0.3) is 5.91 Å². The maximum atomic E-state index is 13.1. The van der Waals surface area contributed by atoms with E-state index >= 15 is 0 Å². The van der Waals surface area contributed by atoms with Gasteiger partial charge in [0.15, 0.2) is 0 Å². The molecule has 0 aliphatic carbocycles. The molecule has 1 heterocycles. The van der Waals surface area contributed by atoms with Crippen LogP contribution in [0.4, 0.5) is 0 Å². The number of nitrogens with zero attached hydrogens (tertiary/aromatic N) is 1. The summed E-state index contributed by atoms with van der Waals surface area (Å²) in [7, 11) is 0. The van der Waals surface area contributed by atoms with E-state index in [1.54, 1.807) is 40.9 Å². The van der Waals surface area contributed by atoms with E-state index in [0.29, 0.717) is 17.7 Å². The molecule has 1 amide bonds. The summed E-state index contributed by atoms with van der Waals surface area (Å²) in [6, 6.07) is 12.5. The molecular formula is C24H25LiN2O3S2. The van der Waals surface area contributed by atoms with E-state index in [1.807, 2.05) is 61.7 Å². The van der Waals surface area contributed by atoms with Crippen molar-refractivity contribution in [3.05, 3.63) is 75.7 Å². The molecule has 2 N–H and O–H groups in total. The molecule has 0 aliphatic rings. The van der Waals surface area contributed by atoms with Gasteiger partial charge in [-0.3, -0.25) is 9.78 Å². The number of aromatic nitrogens is 1. The molecule has 1 aromatic heterocycles. The number of nitrogens with one attached hydrogen (secondary N) is 1. The number of hydrogen-bond acceptors (Lipinski definition) is 5. The molecule has 8 heteroatoms. The Morgan fingerprint density at radius 1 is 1.22 bits per heavy atom. The molecule has 2 aromatic carbocycles. The van der Waals surface area contributed by atoms with Crippen molar-refractivity contribution >= 4 is 47.1 Å². The van der Waals surface area contributed by atoms with Gasteiger partial charge in [-0.25, -0.2) is 4.79 Å². The first-order valence-electron chi connectivity index (χ1n) is 9.79. The SMILES string of the molecule is CSCC[C@H](NC(=O)c1ccc(C=Cc2cncs2)cc1-c1ccccc1C)C(=O)O.[H-].[Li+]. The van der Waals surface area contributed by atoms with E-state index in [1.165, 1.54) is 0 Å². The quantitative estimate of drug-likeness (QED) is 0.480. The molecule has 0 aliphatic heterocycles. The van der Waals surface area contributed by atoms with Crippen molar-refractivity contribution in [3.8, 4) is 11.1 Å². The van der Waals surface area contributed by atoms with Gasteiger partial charge in [-0.15, -0.1) is 11.3 Å². The average Bonchev–Trinajstić information content (AvgIpc) is 3.29.